The van der Waals surface area contributed by atoms with Crippen LogP contribution in [0.2, 0.25) is 0 Å². The maximum atomic E-state index is 13.8. The molecule has 2 heterocycles. The van der Waals surface area contributed by atoms with Gasteiger partial charge < -0.3 is 25.5 Å². The van der Waals surface area contributed by atoms with E-state index in [4.69, 9.17) is 9.90 Å². The van der Waals surface area contributed by atoms with E-state index >= 15 is 0 Å². The fourth-order valence-electron chi connectivity index (χ4n) is 5.06. The van der Waals surface area contributed by atoms with E-state index in [2.05, 4.69) is 15.5 Å². The molecule has 1 spiro atoms. The first-order valence-electron chi connectivity index (χ1n) is 12.6. The summed E-state index contributed by atoms with van der Waals surface area (Å²) < 4.78 is 45.5. The molecule has 0 bridgehead atoms. The van der Waals surface area contributed by atoms with Gasteiger partial charge in [-0.1, -0.05) is 42.5 Å². The predicted molar refractivity (Wildman–Crippen MR) is 140 cm³/mol. The van der Waals surface area contributed by atoms with Crippen molar-refractivity contribution < 1.29 is 37.1 Å². The van der Waals surface area contributed by atoms with Gasteiger partial charge in [-0.05, 0) is 47.9 Å². The smallest absolute Gasteiger partial charge is 0.475 e. The Labute approximate surface area is 227 Å². The summed E-state index contributed by atoms with van der Waals surface area (Å²) >= 11 is 0. The molecule has 2 aliphatic heterocycles. The number of anilines is 1. The van der Waals surface area contributed by atoms with Crippen molar-refractivity contribution in [3.8, 4) is 0 Å². The number of halogens is 4. The number of fused-ring (bicyclic) bond motifs is 1. The van der Waals surface area contributed by atoms with E-state index in [1.54, 1.807) is 6.07 Å². The van der Waals surface area contributed by atoms with Crippen LogP contribution in [0, 0.1) is 5.82 Å². The van der Waals surface area contributed by atoms with Gasteiger partial charge in [-0.25, -0.2) is 9.18 Å². The minimum atomic E-state index is -5.08. The molecule has 0 aromatic heterocycles. The number of carbonyl (C=O) groups excluding carboxylic acids is 2. The average Bonchev–Trinajstić information content (AvgIpc) is 3.24. The highest BCUT2D eigenvalue weighted by Crippen LogP contribution is 2.36. The molecular formula is C28H28F4N4O4. The molecule has 12 heteroatoms. The van der Waals surface area contributed by atoms with Crippen LogP contribution in [0.1, 0.15) is 23.2 Å². The first kappa shape index (κ1) is 28.8. The molecule has 0 saturated carbocycles. The number of alkyl halides is 3. The van der Waals surface area contributed by atoms with E-state index in [1.807, 2.05) is 53.4 Å². The highest BCUT2D eigenvalue weighted by molar-refractivity contribution is 6.07. The van der Waals surface area contributed by atoms with Crippen LogP contribution in [0.25, 0.3) is 10.8 Å². The number of carboxylic acids is 1. The molecule has 2 saturated heterocycles. The van der Waals surface area contributed by atoms with Crippen molar-refractivity contribution in [2.24, 2.45) is 0 Å². The number of amides is 2. The number of benzene rings is 3. The summed E-state index contributed by atoms with van der Waals surface area (Å²) in [7, 11) is 0. The summed E-state index contributed by atoms with van der Waals surface area (Å²) in [5.74, 6) is -3.13. The third-order valence-corrected chi connectivity index (χ3v) is 7.13. The van der Waals surface area contributed by atoms with E-state index in [0.717, 1.165) is 29.5 Å². The second-order valence-corrected chi connectivity index (χ2v) is 9.53. The Kier molecular flexibility index (Phi) is 8.58. The Morgan fingerprint density at radius 1 is 1.00 bits per heavy atom. The molecule has 8 nitrogen and oxygen atoms in total. The van der Waals surface area contributed by atoms with Gasteiger partial charge in [0, 0.05) is 37.4 Å². The zero-order valence-corrected chi connectivity index (χ0v) is 21.4. The molecule has 40 heavy (non-hydrogen) atoms. The van der Waals surface area contributed by atoms with Crippen molar-refractivity contribution in [1.29, 1.82) is 0 Å². The standard InChI is InChI=1S/C26H27FN4O2.C2HF3O2/c27-20-7-4-8-21(17-20)31-18-29-25(33)26(31)11-14-30(15-12-26)16-13-28-24(32)23-10-3-6-19-5-1-2-9-22(19)23;3-2(4,5)1(6)7/h1-10,17H,11-16,18H2,(H,28,32)(H,29,33);(H,6,7). The summed E-state index contributed by atoms with van der Waals surface area (Å²) in [6.07, 6.45) is -3.76. The van der Waals surface area contributed by atoms with Crippen molar-refractivity contribution >= 4 is 34.2 Å². The van der Waals surface area contributed by atoms with Crippen LogP contribution >= 0.6 is 0 Å². The topological polar surface area (TPSA) is 102 Å². The number of hydrogen-bond donors (Lipinski definition) is 3. The number of rotatable bonds is 5. The Hall–Kier alpha value is -4.19. The highest BCUT2D eigenvalue weighted by Gasteiger charge is 2.50. The molecule has 3 aromatic rings. The minimum absolute atomic E-state index is 0.00988. The first-order valence-corrected chi connectivity index (χ1v) is 12.6. The average molecular weight is 561 g/mol. The molecule has 212 valence electrons. The van der Waals surface area contributed by atoms with Gasteiger partial charge in [0.25, 0.3) is 5.91 Å². The normalized spacial score (nSPS) is 16.8. The molecule has 0 aliphatic carbocycles. The van der Waals surface area contributed by atoms with Gasteiger partial charge in [-0.3, -0.25) is 9.59 Å². The number of carboxylic acid groups (broad SMARTS) is 1. The number of carbonyl (C=O) groups is 3. The lowest BCUT2D eigenvalue weighted by Gasteiger charge is -2.43. The van der Waals surface area contributed by atoms with E-state index in [-0.39, 0.29) is 17.6 Å². The van der Waals surface area contributed by atoms with Crippen molar-refractivity contribution in [2.45, 2.75) is 24.6 Å². The lowest BCUT2D eigenvalue weighted by atomic mass is 9.85. The van der Waals surface area contributed by atoms with Crippen LogP contribution in [0.5, 0.6) is 0 Å². The van der Waals surface area contributed by atoms with Crippen LogP contribution in [0.15, 0.2) is 66.7 Å². The van der Waals surface area contributed by atoms with Gasteiger partial charge in [0.15, 0.2) is 0 Å². The van der Waals surface area contributed by atoms with Gasteiger partial charge >= 0.3 is 12.1 Å². The second kappa shape index (κ2) is 11.9. The molecule has 2 aliphatic rings. The van der Waals surface area contributed by atoms with Gasteiger partial charge in [0.1, 0.15) is 11.4 Å². The summed E-state index contributed by atoms with van der Waals surface area (Å²) in [6, 6.07) is 20.0. The third-order valence-electron chi connectivity index (χ3n) is 7.13. The maximum absolute atomic E-state index is 13.8. The van der Waals surface area contributed by atoms with Gasteiger partial charge in [0.05, 0.1) is 6.67 Å². The monoisotopic (exact) mass is 560 g/mol. The van der Waals surface area contributed by atoms with E-state index in [9.17, 15) is 27.2 Å². The van der Waals surface area contributed by atoms with Crippen molar-refractivity contribution in [3.63, 3.8) is 0 Å². The second-order valence-electron chi connectivity index (χ2n) is 9.53. The Balaban J connectivity index is 0.000000470. The summed E-state index contributed by atoms with van der Waals surface area (Å²) in [5.41, 5.74) is 0.763. The van der Waals surface area contributed by atoms with Gasteiger partial charge in [-0.15, -0.1) is 0 Å². The van der Waals surface area contributed by atoms with Crippen molar-refractivity contribution in [3.05, 3.63) is 78.1 Å². The SMILES string of the molecule is O=C(NCCN1CCC2(CC1)C(=O)NCN2c1cccc(F)c1)c1cccc2ccccc12.O=C(O)C(F)(F)F. The number of aliphatic carboxylic acids is 1. The fourth-order valence-corrected chi connectivity index (χ4v) is 5.06. The Morgan fingerprint density at radius 3 is 2.33 bits per heavy atom. The Morgan fingerprint density at radius 2 is 1.65 bits per heavy atom. The van der Waals surface area contributed by atoms with Crippen LogP contribution in [-0.2, 0) is 9.59 Å². The van der Waals surface area contributed by atoms with E-state index < -0.39 is 17.7 Å². The lowest BCUT2D eigenvalue weighted by Crippen LogP contribution is -2.57. The van der Waals surface area contributed by atoms with Gasteiger partial charge in [0.2, 0.25) is 5.91 Å². The lowest BCUT2D eigenvalue weighted by molar-refractivity contribution is -0.192. The molecule has 0 atom stereocenters. The molecule has 2 fully saturated rings. The van der Waals surface area contributed by atoms with Crippen LogP contribution < -0.4 is 15.5 Å². The number of piperidine rings is 1. The maximum Gasteiger partial charge on any atom is 0.490 e. The highest BCUT2D eigenvalue weighted by atomic mass is 19.4. The predicted octanol–water partition coefficient (Wildman–Crippen LogP) is 3.77. The van der Waals surface area contributed by atoms with E-state index in [1.165, 1.54) is 12.1 Å². The zero-order chi connectivity index (χ0) is 28.9. The molecule has 2 amide bonds. The number of nitrogens with one attached hydrogen (secondary N) is 2. The molecular weight excluding hydrogens is 532 g/mol. The first-order chi connectivity index (χ1) is 19.0. The van der Waals surface area contributed by atoms with E-state index in [0.29, 0.717) is 38.2 Å². The fraction of sp³-hybridized carbons (Fsp3) is 0.321. The van der Waals surface area contributed by atoms with Gasteiger partial charge in [-0.2, -0.15) is 13.2 Å². The largest absolute Gasteiger partial charge is 0.490 e. The molecule has 0 radical (unpaired) electrons. The number of hydrogen-bond acceptors (Lipinski definition) is 5. The van der Waals surface area contributed by atoms with Crippen LogP contribution in [0.4, 0.5) is 23.2 Å². The summed E-state index contributed by atoms with van der Waals surface area (Å²) in [4.78, 5) is 38.7. The molecule has 3 N–H and O–H groups in total. The zero-order valence-electron chi connectivity index (χ0n) is 21.4. The quantitative estimate of drug-likeness (QED) is 0.411. The Bertz CT molecular complexity index is 1380. The third kappa shape index (κ3) is 6.33. The minimum Gasteiger partial charge on any atom is -0.475 e. The molecule has 3 aromatic carbocycles. The number of likely N-dealkylation sites (tertiary alicyclic amines) is 1. The van der Waals surface area contributed by atoms with Crippen molar-refractivity contribution in [2.75, 3.05) is 37.7 Å². The summed E-state index contributed by atoms with van der Waals surface area (Å²) in [6.45, 7) is 3.12. The van der Waals surface area contributed by atoms with Crippen molar-refractivity contribution in [1.82, 2.24) is 15.5 Å². The molecule has 5 rings (SSSR count). The number of nitrogens with zero attached hydrogens (tertiary/aromatic N) is 2. The summed E-state index contributed by atoms with van der Waals surface area (Å²) in [5, 5.41) is 15.1. The van der Waals surface area contributed by atoms with Crippen LogP contribution in [0.3, 0.4) is 0 Å². The molecule has 0 unspecified atom stereocenters. The van der Waals surface area contributed by atoms with Crippen LogP contribution in [-0.4, -0.2) is 72.4 Å².